The van der Waals surface area contributed by atoms with Gasteiger partial charge in [-0.1, -0.05) is 35.3 Å². The van der Waals surface area contributed by atoms with Crippen LogP contribution in [0.5, 0.6) is 0 Å². The topological polar surface area (TPSA) is 54.5 Å². The Labute approximate surface area is 151 Å². The number of carbonyl (C=O) groups is 1. The third kappa shape index (κ3) is 4.50. The first-order chi connectivity index (χ1) is 11.2. The molecular formula is C17H17Cl2NO3S. The minimum absolute atomic E-state index is 0.124. The number of carbonyl (C=O) groups excluding carboxylic acids is 1. The number of amides is 1. The quantitative estimate of drug-likeness (QED) is 0.779. The molecular weight excluding hydrogens is 369 g/mol. The number of hydrogen-bond acceptors (Lipinski definition) is 3. The van der Waals surface area contributed by atoms with Crippen LogP contribution in [0.15, 0.2) is 47.4 Å². The van der Waals surface area contributed by atoms with E-state index in [1.807, 2.05) is 6.92 Å². The molecule has 0 fully saturated rings. The van der Waals surface area contributed by atoms with Crippen LogP contribution < -0.4 is 0 Å². The predicted octanol–water partition coefficient (Wildman–Crippen LogP) is 4.06. The first kappa shape index (κ1) is 18.8. The monoisotopic (exact) mass is 385 g/mol. The first-order valence-electron chi connectivity index (χ1n) is 7.25. The maximum atomic E-state index is 12.7. The summed E-state index contributed by atoms with van der Waals surface area (Å²) in [5.41, 5.74) is 1.18. The lowest BCUT2D eigenvalue weighted by Crippen LogP contribution is -2.30. The molecule has 0 bridgehead atoms. The summed E-state index contributed by atoms with van der Waals surface area (Å²) in [6.45, 7) is 2.69. The summed E-state index contributed by atoms with van der Waals surface area (Å²) in [7, 11) is -3.36. The van der Waals surface area contributed by atoms with Crippen LogP contribution in [0.1, 0.15) is 22.8 Å². The molecule has 0 aliphatic carbocycles. The van der Waals surface area contributed by atoms with Gasteiger partial charge >= 0.3 is 0 Å². The highest BCUT2D eigenvalue weighted by atomic mass is 35.5. The van der Waals surface area contributed by atoms with Crippen LogP contribution in [0.4, 0.5) is 0 Å². The Morgan fingerprint density at radius 2 is 1.79 bits per heavy atom. The van der Waals surface area contributed by atoms with E-state index in [1.54, 1.807) is 35.2 Å². The van der Waals surface area contributed by atoms with Gasteiger partial charge in [0.1, 0.15) is 0 Å². The van der Waals surface area contributed by atoms with E-state index in [0.717, 1.165) is 11.8 Å². The zero-order chi connectivity index (χ0) is 17.9. The molecule has 7 heteroatoms. The minimum Gasteiger partial charge on any atom is -0.335 e. The zero-order valence-electron chi connectivity index (χ0n) is 13.3. The smallest absolute Gasteiger partial charge is 0.254 e. The summed E-state index contributed by atoms with van der Waals surface area (Å²) in [5.74, 6) is -0.242. The predicted molar refractivity (Wildman–Crippen MR) is 96.4 cm³/mol. The average Bonchev–Trinajstić information content (AvgIpc) is 2.54. The molecule has 0 radical (unpaired) electrons. The molecule has 1 amide bonds. The summed E-state index contributed by atoms with van der Waals surface area (Å²) in [6.07, 6.45) is 1.11. The van der Waals surface area contributed by atoms with Gasteiger partial charge in [-0.15, -0.1) is 0 Å². The Kier molecular flexibility index (Phi) is 5.91. The Morgan fingerprint density at radius 1 is 1.08 bits per heavy atom. The van der Waals surface area contributed by atoms with Gasteiger partial charge in [0.15, 0.2) is 9.84 Å². The highest BCUT2D eigenvalue weighted by Gasteiger charge is 2.17. The Morgan fingerprint density at radius 3 is 2.38 bits per heavy atom. The summed E-state index contributed by atoms with van der Waals surface area (Å²) < 4.78 is 23.3. The van der Waals surface area contributed by atoms with Crippen molar-refractivity contribution >= 4 is 38.9 Å². The second-order valence-corrected chi connectivity index (χ2v) is 8.20. The largest absolute Gasteiger partial charge is 0.335 e. The van der Waals surface area contributed by atoms with Gasteiger partial charge in [-0.05, 0) is 42.8 Å². The van der Waals surface area contributed by atoms with E-state index in [0.29, 0.717) is 28.7 Å². The van der Waals surface area contributed by atoms with E-state index in [4.69, 9.17) is 23.2 Å². The minimum atomic E-state index is -3.36. The molecule has 4 nitrogen and oxygen atoms in total. The van der Waals surface area contributed by atoms with Crippen LogP contribution >= 0.6 is 23.2 Å². The van der Waals surface area contributed by atoms with Gasteiger partial charge < -0.3 is 4.90 Å². The molecule has 2 aromatic carbocycles. The molecule has 2 aromatic rings. The SMILES string of the molecule is CCN(Cc1ccc(Cl)c(Cl)c1)C(=O)c1cccc(S(C)(=O)=O)c1. The third-order valence-electron chi connectivity index (χ3n) is 3.54. The van der Waals surface area contributed by atoms with Gasteiger partial charge in [0.25, 0.3) is 5.91 Å². The lowest BCUT2D eigenvalue weighted by Gasteiger charge is -2.21. The standard InChI is InChI=1S/C17H17Cl2NO3S/c1-3-20(11-12-7-8-15(18)16(19)9-12)17(21)13-5-4-6-14(10-13)24(2,22)23/h4-10H,3,11H2,1-2H3. The lowest BCUT2D eigenvalue weighted by atomic mass is 10.1. The van der Waals surface area contributed by atoms with E-state index >= 15 is 0 Å². The number of rotatable bonds is 5. The van der Waals surface area contributed by atoms with Crippen LogP contribution in [-0.2, 0) is 16.4 Å². The van der Waals surface area contributed by atoms with E-state index in [9.17, 15) is 13.2 Å². The Bertz CT molecular complexity index is 866. The van der Waals surface area contributed by atoms with Gasteiger partial charge in [-0.25, -0.2) is 8.42 Å². The molecule has 0 atom stereocenters. The summed E-state index contributed by atoms with van der Waals surface area (Å²) in [5, 5.41) is 0.882. The van der Waals surface area contributed by atoms with Crippen molar-refractivity contribution < 1.29 is 13.2 Å². The maximum absolute atomic E-state index is 12.7. The molecule has 128 valence electrons. The fourth-order valence-corrected chi connectivity index (χ4v) is 3.22. The van der Waals surface area contributed by atoms with Crippen molar-refractivity contribution in [2.45, 2.75) is 18.4 Å². The van der Waals surface area contributed by atoms with Crippen LogP contribution in [-0.4, -0.2) is 32.0 Å². The van der Waals surface area contributed by atoms with Crippen LogP contribution in [0.25, 0.3) is 0 Å². The number of sulfone groups is 1. The highest BCUT2D eigenvalue weighted by Crippen LogP contribution is 2.23. The van der Waals surface area contributed by atoms with Crippen molar-refractivity contribution in [2.75, 3.05) is 12.8 Å². The molecule has 0 aliphatic rings. The van der Waals surface area contributed by atoms with Crippen molar-refractivity contribution in [3.05, 3.63) is 63.6 Å². The average molecular weight is 386 g/mol. The second-order valence-electron chi connectivity index (χ2n) is 5.37. The fraction of sp³-hybridized carbons (Fsp3) is 0.235. The Hall–Kier alpha value is -1.56. The fourth-order valence-electron chi connectivity index (χ4n) is 2.23. The van der Waals surface area contributed by atoms with Crippen LogP contribution in [0.2, 0.25) is 10.0 Å². The summed E-state index contributed by atoms with van der Waals surface area (Å²) >= 11 is 11.9. The van der Waals surface area contributed by atoms with Crippen molar-refractivity contribution in [2.24, 2.45) is 0 Å². The second kappa shape index (κ2) is 7.55. The highest BCUT2D eigenvalue weighted by molar-refractivity contribution is 7.90. The van der Waals surface area contributed by atoms with Crippen LogP contribution in [0, 0.1) is 0 Å². The molecule has 0 aliphatic heterocycles. The van der Waals surface area contributed by atoms with Gasteiger partial charge in [-0.2, -0.15) is 0 Å². The van der Waals surface area contributed by atoms with Crippen molar-refractivity contribution in [1.29, 1.82) is 0 Å². The van der Waals surface area contributed by atoms with Gasteiger partial charge in [0.05, 0.1) is 14.9 Å². The van der Waals surface area contributed by atoms with Gasteiger partial charge in [-0.3, -0.25) is 4.79 Å². The zero-order valence-corrected chi connectivity index (χ0v) is 15.6. The van der Waals surface area contributed by atoms with Crippen molar-refractivity contribution in [3.63, 3.8) is 0 Å². The van der Waals surface area contributed by atoms with Gasteiger partial charge in [0.2, 0.25) is 0 Å². The van der Waals surface area contributed by atoms with Crippen molar-refractivity contribution in [3.8, 4) is 0 Å². The van der Waals surface area contributed by atoms with E-state index in [-0.39, 0.29) is 10.8 Å². The van der Waals surface area contributed by atoms with Gasteiger partial charge in [0, 0.05) is 24.9 Å². The number of halogens is 2. The maximum Gasteiger partial charge on any atom is 0.254 e. The van der Waals surface area contributed by atoms with E-state index in [2.05, 4.69) is 0 Å². The molecule has 0 N–H and O–H groups in total. The van der Waals surface area contributed by atoms with Crippen LogP contribution in [0.3, 0.4) is 0 Å². The molecule has 0 unspecified atom stereocenters. The number of nitrogens with zero attached hydrogens (tertiary/aromatic N) is 1. The molecule has 24 heavy (non-hydrogen) atoms. The number of benzene rings is 2. The Balaban J connectivity index is 2.27. The van der Waals surface area contributed by atoms with Crippen molar-refractivity contribution in [1.82, 2.24) is 4.90 Å². The van der Waals surface area contributed by atoms with E-state index < -0.39 is 9.84 Å². The molecule has 0 heterocycles. The summed E-state index contributed by atoms with van der Waals surface area (Å²) in [4.78, 5) is 14.4. The van der Waals surface area contributed by atoms with E-state index in [1.165, 1.54) is 12.1 Å². The lowest BCUT2D eigenvalue weighted by molar-refractivity contribution is 0.0752. The molecule has 0 saturated heterocycles. The summed E-state index contributed by atoms with van der Waals surface area (Å²) in [6, 6.07) is 11.2. The third-order valence-corrected chi connectivity index (χ3v) is 5.38. The molecule has 0 spiro atoms. The normalized spacial score (nSPS) is 11.3. The molecule has 2 rings (SSSR count). The molecule has 0 saturated carbocycles. The number of hydrogen-bond donors (Lipinski definition) is 0. The molecule has 0 aromatic heterocycles. The first-order valence-corrected chi connectivity index (χ1v) is 9.90.